The molecule has 0 atom stereocenters. The zero-order valence-electron chi connectivity index (χ0n) is 7.46. The van der Waals surface area contributed by atoms with Crippen molar-refractivity contribution in [2.24, 2.45) is 0 Å². The highest BCUT2D eigenvalue weighted by molar-refractivity contribution is 7.07. The van der Waals surface area contributed by atoms with Crippen molar-refractivity contribution in [1.29, 1.82) is 0 Å². The Morgan fingerprint density at radius 3 is 3.15 bits per heavy atom. The van der Waals surface area contributed by atoms with E-state index in [9.17, 15) is 4.79 Å². The zero-order valence-corrected chi connectivity index (χ0v) is 8.28. The Morgan fingerprint density at radius 1 is 1.69 bits per heavy atom. The summed E-state index contributed by atoms with van der Waals surface area (Å²) < 4.78 is 0. The standard InChI is InChI=1S/C10H11NOS/c1-2-3-5-11-10(12)7-9-4-6-13-8-9/h4,6,8H,5,7H2,1H3,(H,11,12). The monoisotopic (exact) mass is 193 g/mol. The van der Waals surface area contributed by atoms with Gasteiger partial charge in [0.1, 0.15) is 0 Å². The maximum atomic E-state index is 11.2. The number of carbonyl (C=O) groups excluding carboxylic acids is 1. The predicted octanol–water partition coefficient (Wildman–Crippen LogP) is 1.43. The normalized spacial score (nSPS) is 8.69. The lowest BCUT2D eigenvalue weighted by Gasteiger charge is -1.98. The van der Waals surface area contributed by atoms with E-state index in [1.54, 1.807) is 18.3 Å². The van der Waals surface area contributed by atoms with Gasteiger partial charge in [0.2, 0.25) is 5.91 Å². The third kappa shape index (κ3) is 3.77. The molecule has 1 heterocycles. The quantitative estimate of drug-likeness (QED) is 0.723. The molecular formula is C10H11NOS. The Morgan fingerprint density at radius 2 is 2.54 bits per heavy atom. The van der Waals surface area contributed by atoms with Crippen LogP contribution in [-0.4, -0.2) is 12.5 Å². The van der Waals surface area contributed by atoms with E-state index in [1.807, 2.05) is 16.8 Å². The second kappa shape index (κ2) is 5.39. The van der Waals surface area contributed by atoms with Crippen LogP contribution in [0.15, 0.2) is 16.8 Å². The van der Waals surface area contributed by atoms with Gasteiger partial charge in [-0.25, -0.2) is 0 Å². The SMILES string of the molecule is CC#CCNC(=O)Cc1ccsc1. The van der Waals surface area contributed by atoms with E-state index in [-0.39, 0.29) is 5.91 Å². The van der Waals surface area contributed by atoms with Crippen LogP contribution in [0.2, 0.25) is 0 Å². The van der Waals surface area contributed by atoms with Gasteiger partial charge in [-0.3, -0.25) is 4.79 Å². The van der Waals surface area contributed by atoms with Gasteiger partial charge in [-0.05, 0) is 29.3 Å². The highest BCUT2D eigenvalue weighted by Gasteiger charge is 2.01. The van der Waals surface area contributed by atoms with Crippen molar-refractivity contribution in [3.8, 4) is 11.8 Å². The molecular weight excluding hydrogens is 182 g/mol. The fourth-order valence-electron chi connectivity index (χ4n) is 0.872. The maximum absolute atomic E-state index is 11.2. The number of carbonyl (C=O) groups is 1. The molecule has 0 spiro atoms. The third-order valence-corrected chi connectivity index (χ3v) is 2.23. The first-order valence-corrected chi connectivity index (χ1v) is 4.94. The van der Waals surface area contributed by atoms with Crippen molar-refractivity contribution >= 4 is 17.2 Å². The lowest BCUT2D eigenvalue weighted by molar-refractivity contribution is -0.120. The number of hydrogen-bond donors (Lipinski definition) is 1. The molecule has 1 aromatic rings. The molecule has 1 rings (SSSR count). The van der Waals surface area contributed by atoms with Crippen molar-refractivity contribution in [2.45, 2.75) is 13.3 Å². The minimum absolute atomic E-state index is 0.0288. The molecule has 0 aliphatic rings. The van der Waals surface area contributed by atoms with Gasteiger partial charge >= 0.3 is 0 Å². The van der Waals surface area contributed by atoms with Gasteiger partial charge in [-0.15, -0.1) is 5.92 Å². The summed E-state index contributed by atoms with van der Waals surface area (Å²) in [6.45, 7) is 2.20. The molecule has 0 unspecified atom stereocenters. The fraction of sp³-hybridized carbons (Fsp3) is 0.300. The van der Waals surface area contributed by atoms with E-state index in [0.29, 0.717) is 13.0 Å². The third-order valence-electron chi connectivity index (χ3n) is 1.50. The summed E-state index contributed by atoms with van der Waals surface area (Å²) in [7, 11) is 0. The molecule has 0 radical (unpaired) electrons. The Hall–Kier alpha value is -1.27. The lowest BCUT2D eigenvalue weighted by atomic mass is 10.2. The topological polar surface area (TPSA) is 29.1 Å². The fourth-order valence-corrected chi connectivity index (χ4v) is 1.54. The van der Waals surface area contributed by atoms with E-state index in [0.717, 1.165) is 5.56 Å². The Bertz CT molecular complexity index is 318. The summed E-state index contributed by atoms with van der Waals surface area (Å²) in [6.07, 6.45) is 0.453. The Kier molecular flexibility index (Phi) is 4.07. The molecule has 0 aliphatic heterocycles. The summed E-state index contributed by atoms with van der Waals surface area (Å²) in [5, 5.41) is 6.66. The number of thiophene rings is 1. The average Bonchev–Trinajstić information content (AvgIpc) is 2.57. The average molecular weight is 193 g/mol. The summed E-state index contributed by atoms with van der Waals surface area (Å²) in [6, 6.07) is 1.95. The molecule has 0 saturated carbocycles. The predicted molar refractivity (Wildman–Crippen MR) is 54.5 cm³/mol. The lowest BCUT2D eigenvalue weighted by Crippen LogP contribution is -2.25. The van der Waals surface area contributed by atoms with Gasteiger partial charge in [0.05, 0.1) is 13.0 Å². The molecule has 1 amide bonds. The van der Waals surface area contributed by atoms with E-state index in [1.165, 1.54) is 0 Å². The van der Waals surface area contributed by atoms with Gasteiger partial charge in [0, 0.05) is 0 Å². The minimum atomic E-state index is 0.0288. The molecule has 2 nitrogen and oxygen atoms in total. The molecule has 1 N–H and O–H groups in total. The van der Waals surface area contributed by atoms with Crippen LogP contribution < -0.4 is 5.32 Å². The van der Waals surface area contributed by atoms with E-state index in [2.05, 4.69) is 17.2 Å². The minimum Gasteiger partial charge on any atom is -0.345 e. The first kappa shape index (κ1) is 9.82. The summed E-state index contributed by atoms with van der Waals surface area (Å²) in [5.74, 6) is 5.53. The van der Waals surface area contributed by atoms with Crippen LogP contribution in [-0.2, 0) is 11.2 Å². The number of hydrogen-bond acceptors (Lipinski definition) is 2. The zero-order chi connectivity index (χ0) is 9.52. The highest BCUT2D eigenvalue weighted by atomic mass is 32.1. The van der Waals surface area contributed by atoms with E-state index < -0.39 is 0 Å². The molecule has 68 valence electrons. The largest absolute Gasteiger partial charge is 0.345 e. The summed E-state index contributed by atoms with van der Waals surface area (Å²) >= 11 is 1.60. The van der Waals surface area contributed by atoms with Crippen molar-refractivity contribution < 1.29 is 4.79 Å². The molecule has 3 heteroatoms. The summed E-state index contributed by atoms with van der Waals surface area (Å²) in [4.78, 5) is 11.2. The van der Waals surface area contributed by atoms with Gasteiger partial charge in [0.25, 0.3) is 0 Å². The van der Waals surface area contributed by atoms with Crippen molar-refractivity contribution in [2.75, 3.05) is 6.54 Å². The van der Waals surface area contributed by atoms with Crippen LogP contribution in [0.1, 0.15) is 12.5 Å². The number of rotatable bonds is 3. The first-order chi connectivity index (χ1) is 6.33. The maximum Gasteiger partial charge on any atom is 0.225 e. The highest BCUT2D eigenvalue weighted by Crippen LogP contribution is 2.05. The second-order valence-corrected chi connectivity index (χ2v) is 3.29. The van der Waals surface area contributed by atoms with Gasteiger partial charge in [-0.1, -0.05) is 5.92 Å². The Labute approximate surface area is 82.0 Å². The molecule has 13 heavy (non-hydrogen) atoms. The molecule has 0 saturated heterocycles. The van der Waals surface area contributed by atoms with Crippen LogP contribution in [0.5, 0.6) is 0 Å². The van der Waals surface area contributed by atoms with Gasteiger partial charge in [-0.2, -0.15) is 11.3 Å². The van der Waals surface area contributed by atoms with Crippen molar-refractivity contribution in [3.63, 3.8) is 0 Å². The van der Waals surface area contributed by atoms with Crippen LogP contribution in [0.25, 0.3) is 0 Å². The first-order valence-electron chi connectivity index (χ1n) is 4.00. The van der Waals surface area contributed by atoms with E-state index >= 15 is 0 Å². The molecule has 0 aromatic carbocycles. The van der Waals surface area contributed by atoms with Gasteiger partial charge in [0.15, 0.2) is 0 Å². The van der Waals surface area contributed by atoms with Crippen LogP contribution in [0.3, 0.4) is 0 Å². The number of nitrogens with one attached hydrogen (secondary N) is 1. The van der Waals surface area contributed by atoms with E-state index in [4.69, 9.17) is 0 Å². The number of amides is 1. The van der Waals surface area contributed by atoms with Crippen molar-refractivity contribution in [3.05, 3.63) is 22.4 Å². The molecule has 0 aliphatic carbocycles. The smallest absolute Gasteiger partial charge is 0.225 e. The van der Waals surface area contributed by atoms with Crippen LogP contribution >= 0.6 is 11.3 Å². The van der Waals surface area contributed by atoms with Crippen molar-refractivity contribution in [1.82, 2.24) is 5.32 Å². The summed E-state index contributed by atoms with van der Waals surface area (Å²) in [5.41, 5.74) is 1.06. The molecule has 1 aromatic heterocycles. The van der Waals surface area contributed by atoms with Crippen LogP contribution in [0.4, 0.5) is 0 Å². The van der Waals surface area contributed by atoms with Crippen LogP contribution in [0, 0.1) is 11.8 Å². The van der Waals surface area contributed by atoms with Gasteiger partial charge < -0.3 is 5.32 Å². The molecule has 0 bridgehead atoms. The second-order valence-electron chi connectivity index (χ2n) is 2.51. The molecule has 0 fully saturated rings. The Balaban J connectivity index is 2.28.